The van der Waals surface area contributed by atoms with Crippen molar-refractivity contribution in [2.45, 2.75) is 184 Å². The zero-order valence-electron chi connectivity index (χ0n) is 51.6. The first-order valence-corrected chi connectivity index (χ1v) is 28.8. The van der Waals surface area contributed by atoms with Gasteiger partial charge in [-0.25, -0.2) is 0 Å². The molecule has 426 valence electrons. The number of aromatic hydroxyl groups is 6. The molecular weight excluding hydrogens is 985 g/mol. The fourth-order valence-corrected chi connectivity index (χ4v) is 9.60. The smallest absolute Gasteiger partial charge is 0.158 e. The van der Waals surface area contributed by atoms with Gasteiger partial charge in [-0.15, -0.1) is 0 Å². The van der Waals surface area contributed by atoms with E-state index >= 15 is 0 Å². The molecule has 0 amide bonds. The number of hydrogen-bond donors (Lipinski definition) is 6. The summed E-state index contributed by atoms with van der Waals surface area (Å²) in [5.74, 6) is 1.40. The Morgan fingerprint density at radius 2 is 0.625 bits per heavy atom. The maximum Gasteiger partial charge on any atom is 0.158 e. The average Bonchev–Trinajstić information content (AvgIpc) is 3.44. The van der Waals surface area contributed by atoms with Gasteiger partial charge in [0.25, 0.3) is 0 Å². The Labute approximate surface area is 479 Å². The van der Waals surface area contributed by atoms with Gasteiger partial charge in [-0.05, 0) is 187 Å². The van der Waals surface area contributed by atoms with Gasteiger partial charge in [0.05, 0.1) is 0 Å². The number of rotatable bonds is 10. The van der Waals surface area contributed by atoms with Crippen molar-refractivity contribution in [2.75, 3.05) is 0 Å². The van der Waals surface area contributed by atoms with Crippen LogP contribution in [0.4, 0.5) is 0 Å². The third kappa shape index (κ3) is 15.0. The first-order valence-electron chi connectivity index (χ1n) is 28.8. The topological polar surface area (TPSA) is 121 Å². The molecule has 0 radical (unpaired) electrons. The molecule has 0 saturated heterocycles. The lowest BCUT2D eigenvalue weighted by molar-refractivity contribution is 0.405. The van der Waals surface area contributed by atoms with Crippen LogP contribution in [0, 0.1) is 20.8 Å². The van der Waals surface area contributed by atoms with Crippen LogP contribution < -0.4 is 0 Å². The molecule has 0 aliphatic heterocycles. The van der Waals surface area contributed by atoms with Crippen molar-refractivity contribution in [1.82, 2.24) is 0 Å². The SMILES string of the molecule is CCC(C)(C)c1c2ccccc2c(O)c2ccccc12.CCC(C)(C)c1cc(C)c(O)c(C)c1.CCC(C)(C)c1ccc(O)c(C)c1.CCC(C)(C)c1ccc2cc(O)c(O)cc2c1.CCC(C)(C)c1ccc2cc(O)ccc2c1. The number of phenolic OH excluding ortho intramolecular Hbond substituents is 6. The fraction of sp³-hybridized carbons (Fsp3) is 0.378. The van der Waals surface area contributed by atoms with Crippen LogP contribution >= 0.6 is 0 Å². The molecule has 0 aromatic heterocycles. The summed E-state index contributed by atoms with van der Waals surface area (Å²) in [4.78, 5) is 0. The zero-order valence-corrected chi connectivity index (χ0v) is 51.6. The molecule has 9 aromatic rings. The highest BCUT2D eigenvalue weighted by Crippen LogP contribution is 2.44. The summed E-state index contributed by atoms with van der Waals surface area (Å²) in [5, 5.41) is 66.4. The number of phenols is 6. The Bertz CT molecular complexity index is 3480. The molecule has 0 fully saturated rings. The van der Waals surface area contributed by atoms with Crippen molar-refractivity contribution in [3.63, 3.8) is 0 Å². The van der Waals surface area contributed by atoms with Crippen LogP contribution in [0.2, 0.25) is 0 Å². The van der Waals surface area contributed by atoms with E-state index in [-0.39, 0.29) is 38.6 Å². The Hall–Kier alpha value is -7.18. The molecule has 0 atom stereocenters. The van der Waals surface area contributed by atoms with Crippen LogP contribution in [-0.4, -0.2) is 30.6 Å². The molecule has 6 heteroatoms. The van der Waals surface area contributed by atoms with Gasteiger partial charge in [-0.1, -0.05) is 219 Å². The Balaban J connectivity index is 0.000000185. The molecule has 0 aliphatic rings. The lowest BCUT2D eigenvalue weighted by Gasteiger charge is -2.27. The number of hydrogen-bond acceptors (Lipinski definition) is 6. The van der Waals surface area contributed by atoms with Crippen molar-refractivity contribution in [1.29, 1.82) is 0 Å². The van der Waals surface area contributed by atoms with E-state index in [0.717, 1.165) is 86.5 Å². The van der Waals surface area contributed by atoms with Gasteiger partial charge in [-0.3, -0.25) is 0 Å². The molecule has 0 unspecified atom stereocenters. The van der Waals surface area contributed by atoms with E-state index in [1.165, 1.54) is 33.2 Å². The quantitative estimate of drug-likeness (QED) is 0.0599. The standard InChI is InChI=1S/C19H20O.C15H18O2.C15H18O.C13H20O.C12H18O/c1-4-19(2,3)17-13-9-5-7-11-15(13)18(20)16-12-8-6-10-14(16)17;1-4-15(2,3)12-6-5-10-8-13(16)14(17)9-11(10)7-12;1-4-15(2,3)13-7-5-12-10-14(16)8-6-11(12)9-13;1-6-13(4,5)11-7-9(2)12(14)10(3)8-11;1-5-12(3,4)10-6-7-11(13)9(2)8-10/h5-12,20H,4H2,1-3H3;5-9,16-17H,4H2,1-3H3;5-10,16H,4H2,1-3H3;7-8,14H,6H2,1-5H3;6-8,13H,5H2,1-4H3. The van der Waals surface area contributed by atoms with Gasteiger partial charge in [0.15, 0.2) is 11.5 Å². The van der Waals surface area contributed by atoms with Crippen molar-refractivity contribution in [2.24, 2.45) is 0 Å². The normalized spacial score (nSPS) is 11.9. The Morgan fingerprint density at radius 3 is 1.06 bits per heavy atom. The van der Waals surface area contributed by atoms with E-state index < -0.39 is 0 Å². The maximum atomic E-state index is 10.6. The Morgan fingerprint density at radius 1 is 0.287 bits per heavy atom. The Kier molecular flexibility index (Phi) is 20.6. The number of fused-ring (bicyclic) bond motifs is 4. The summed E-state index contributed by atoms with van der Waals surface area (Å²) < 4.78 is 0. The first kappa shape index (κ1) is 63.6. The zero-order chi connectivity index (χ0) is 59.7. The molecule has 0 spiro atoms. The highest BCUT2D eigenvalue weighted by atomic mass is 16.3. The van der Waals surface area contributed by atoms with Gasteiger partial charge < -0.3 is 30.6 Å². The molecule has 0 aliphatic carbocycles. The lowest BCUT2D eigenvalue weighted by Crippen LogP contribution is -2.16. The molecule has 0 heterocycles. The summed E-state index contributed by atoms with van der Waals surface area (Å²) in [6.45, 7) is 39.2. The summed E-state index contributed by atoms with van der Waals surface area (Å²) >= 11 is 0. The molecule has 0 bridgehead atoms. The predicted molar refractivity (Wildman–Crippen MR) is 343 cm³/mol. The predicted octanol–water partition coefficient (Wildman–Crippen LogP) is 20.6. The summed E-state index contributed by atoms with van der Waals surface area (Å²) in [6.07, 6.45) is 5.46. The molecule has 80 heavy (non-hydrogen) atoms. The number of aryl methyl sites for hydroxylation is 3. The van der Waals surface area contributed by atoms with E-state index in [1.54, 1.807) is 30.3 Å². The summed E-state index contributed by atoms with van der Waals surface area (Å²) in [5.41, 5.74) is 10.3. The summed E-state index contributed by atoms with van der Waals surface area (Å²) in [7, 11) is 0. The number of benzene rings is 9. The minimum absolute atomic E-state index is 0.0658. The molecule has 9 aromatic carbocycles. The minimum atomic E-state index is -0.0694. The lowest BCUT2D eigenvalue weighted by atomic mass is 9.77. The summed E-state index contributed by atoms with van der Waals surface area (Å²) in [6, 6.07) is 47.7. The van der Waals surface area contributed by atoms with Crippen molar-refractivity contribution >= 4 is 43.1 Å². The first-order chi connectivity index (χ1) is 37.4. The van der Waals surface area contributed by atoms with Gasteiger partial charge in [0.1, 0.15) is 23.0 Å². The molecule has 0 saturated carbocycles. The molecule has 6 nitrogen and oxygen atoms in total. The molecular formula is C74H94O6. The van der Waals surface area contributed by atoms with Crippen LogP contribution in [-0.2, 0) is 27.1 Å². The molecule has 6 N–H and O–H groups in total. The second-order valence-electron chi connectivity index (χ2n) is 25.1. The largest absolute Gasteiger partial charge is 0.508 e. The van der Waals surface area contributed by atoms with Crippen molar-refractivity contribution in [3.05, 3.63) is 190 Å². The van der Waals surface area contributed by atoms with E-state index in [4.69, 9.17) is 0 Å². The van der Waals surface area contributed by atoms with Crippen LogP contribution in [0.15, 0.2) is 146 Å². The van der Waals surface area contributed by atoms with Gasteiger partial charge in [0, 0.05) is 10.8 Å². The minimum Gasteiger partial charge on any atom is -0.508 e. The highest BCUT2D eigenvalue weighted by Gasteiger charge is 2.26. The van der Waals surface area contributed by atoms with E-state index in [9.17, 15) is 30.6 Å². The third-order valence-electron chi connectivity index (χ3n) is 17.6. The van der Waals surface area contributed by atoms with Crippen molar-refractivity contribution < 1.29 is 30.6 Å². The maximum absolute atomic E-state index is 10.6. The second-order valence-corrected chi connectivity index (χ2v) is 25.1. The average molecular weight is 1080 g/mol. The van der Waals surface area contributed by atoms with Crippen LogP contribution in [0.3, 0.4) is 0 Å². The fourth-order valence-electron chi connectivity index (χ4n) is 9.60. The van der Waals surface area contributed by atoms with E-state index in [1.807, 2.05) is 75.4 Å². The van der Waals surface area contributed by atoms with E-state index in [2.05, 4.69) is 165 Å². The van der Waals surface area contributed by atoms with Crippen molar-refractivity contribution in [3.8, 4) is 34.5 Å². The second kappa shape index (κ2) is 25.9. The highest BCUT2D eigenvalue weighted by molar-refractivity contribution is 6.09. The monoisotopic (exact) mass is 1080 g/mol. The third-order valence-corrected chi connectivity index (χ3v) is 17.6. The van der Waals surface area contributed by atoms with Crippen LogP contribution in [0.1, 0.15) is 180 Å². The molecule has 9 rings (SSSR count). The van der Waals surface area contributed by atoms with Gasteiger partial charge in [0.2, 0.25) is 0 Å². The van der Waals surface area contributed by atoms with E-state index in [0.29, 0.717) is 23.0 Å². The van der Waals surface area contributed by atoms with Crippen LogP contribution in [0.5, 0.6) is 34.5 Å². The van der Waals surface area contributed by atoms with Gasteiger partial charge >= 0.3 is 0 Å². The van der Waals surface area contributed by atoms with Gasteiger partial charge in [-0.2, -0.15) is 0 Å². The van der Waals surface area contributed by atoms with Crippen LogP contribution in [0.25, 0.3) is 43.1 Å².